The van der Waals surface area contributed by atoms with Crippen LogP contribution in [0.1, 0.15) is 36.5 Å². The average Bonchev–Trinajstić information content (AvgIpc) is 3.37. The van der Waals surface area contributed by atoms with E-state index in [2.05, 4.69) is 15.8 Å². The maximum atomic E-state index is 14.7. The number of halogens is 5. The number of fused-ring (bicyclic) bond motifs is 2. The van der Waals surface area contributed by atoms with E-state index >= 15 is 0 Å². The molecular formula is C27H32F5N5OS2. The summed E-state index contributed by atoms with van der Waals surface area (Å²) in [5, 5.41) is 0. The van der Waals surface area contributed by atoms with Crippen LogP contribution in [0.15, 0.2) is 53.6 Å². The SMILES string of the molecule is C=C1N(C2=NCc3cc(C)cc(-c4c(F)cc(F)cc4F)c32)C=C2CC(F)(F)C(CC)CN12.COSN(C)N.S. The second kappa shape index (κ2) is 12.5. The molecule has 0 amide bonds. The van der Waals surface area contributed by atoms with Crippen molar-refractivity contribution < 1.29 is 26.1 Å². The van der Waals surface area contributed by atoms with Gasteiger partial charge in [0, 0.05) is 49.1 Å². The van der Waals surface area contributed by atoms with Crippen LogP contribution in [0.2, 0.25) is 0 Å². The molecule has 40 heavy (non-hydrogen) atoms. The molecule has 2 N–H and O–H groups in total. The van der Waals surface area contributed by atoms with Gasteiger partial charge in [-0.25, -0.2) is 22.0 Å². The number of aryl methyl sites for hydroxylation is 1. The Labute approximate surface area is 242 Å². The lowest BCUT2D eigenvalue weighted by molar-refractivity contribution is -0.0855. The van der Waals surface area contributed by atoms with Gasteiger partial charge in [-0.05, 0) is 24.5 Å². The van der Waals surface area contributed by atoms with Gasteiger partial charge in [-0.3, -0.25) is 15.7 Å². The smallest absolute Gasteiger partial charge is 0.258 e. The fourth-order valence-corrected chi connectivity index (χ4v) is 5.34. The summed E-state index contributed by atoms with van der Waals surface area (Å²) in [5.41, 5.74) is 2.32. The first-order valence-corrected chi connectivity index (χ1v) is 12.9. The topological polar surface area (TPSA) is 57.3 Å². The molecule has 0 bridgehead atoms. The third kappa shape index (κ3) is 6.18. The molecule has 2 aromatic carbocycles. The van der Waals surface area contributed by atoms with Crippen molar-refractivity contribution in [3.63, 3.8) is 0 Å². The molecule has 0 aliphatic carbocycles. The summed E-state index contributed by atoms with van der Waals surface area (Å²) in [7, 11) is 3.27. The van der Waals surface area contributed by atoms with E-state index in [1.807, 2.05) is 6.07 Å². The van der Waals surface area contributed by atoms with Crippen molar-refractivity contribution in [2.45, 2.75) is 39.2 Å². The van der Waals surface area contributed by atoms with E-state index in [1.165, 1.54) is 4.41 Å². The minimum atomic E-state index is -2.83. The van der Waals surface area contributed by atoms with E-state index in [4.69, 9.17) is 5.84 Å². The molecular weight excluding hydrogens is 569 g/mol. The van der Waals surface area contributed by atoms with Crippen LogP contribution in [-0.4, -0.2) is 46.7 Å². The number of aliphatic imine (C=N–C) groups is 1. The first-order chi connectivity index (χ1) is 18.4. The molecule has 218 valence electrons. The van der Waals surface area contributed by atoms with Crippen LogP contribution >= 0.6 is 25.7 Å². The zero-order chi connectivity index (χ0) is 28.6. The van der Waals surface area contributed by atoms with E-state index in [0.29, 0.717) is 41.5 Å². The fraction of sp³-hybridized carbons (Fsp3) is 0.370. The Balaban J connectivity index is 0.000000570. The van der Waals surface area contributed by atoms with Crippen LogP contribution in [-0.2, 0) is 10.7 Å². The van der Waals surface area contributed by atoms with Gasteiger partial charge in [0.1, 0.15) is 29.1 Å². The van der Waals surface area contributed by atoms with Crippen LogP contribution in [0.5, 0.6) is 0 Å². The second-order valence-corrected chi connectivity index (χ2v) is 10.6. The molecule has 0 spiro atoms. The third-order valence-corrected chi connectivity index (χ3v) is 7.19. The van der Waals surface area contributed by atoms with E-state index in [1.54, 1.807) is 50.1 Å². The maximum Gasteiger partial charge on any atom is 0.258 e. The first kappa shape index (κ1) is 31.9. The summed E-state index contributed by atoms with van der Waals surface area (Å²) >= 11 is 1.10. The Bertz CT molecular complexity index is 1330. The van der Waals surface area contributed by atoms with Gasteiger partial charge in [-0.1, -0.05) is 31.2 Å². The highest BCUT2D eigenvalue weighted by Crippen LogP contribution is 2.46. The largest absolute Gasteiger partial charge is 0.330 e. The summed E-state index contributed by atoms with van der Waals surface area (Å²) in [6.07, 6.45) is 1.50. The lowest BCUT2D eigenvalue weighted by Crippen LogP contribution is -2.44. The Kier molecular flexibility index (Phi) is 9.99. The van der Waals surface area contributed by atoms with Crippen molar-refractivity contribution in [1.82, 2.24) is 14.2 Å². The number of amidine groups is 1. The minimum Gasteiger partial charge on any atom is -0.330 e. The molecule has 1 saturated heterocycles. The maximum absolute atomic E-state index is 14.7. The molecule has 0 aromatic heterocycles. The number of hydrogen-bond acceptors (Lipinski definition) is 7. The number of rotatable bonds is 4. The van der Waals surface area contributed by atoms with Crippen LogP contribution in [0.4, 0.5) is 22.0 Å². The number of hydrazine groups is 1. The van der Waals surface area contributed by atoms with Crippen LogP contribution < -0.4 is 5.84 Å². The summed E-state index contributed by atoms with van der Waals surface area (Å²) < 4.78 is 78.0. The molecule has 0 radical (unpaired) electrons. The molecule has 1 unspecified atom stereocenters. The monoisotopic (exact) mass is 601 g/mol. The molecule has 0 saturated carbocycles. The first-order valence-electron chi connectivity index (χ1n) is 12.2. The average molecular weight is 602 g/mol. The molecule has 13 heteroatoms. The Morgan fingerprint density at radius 1 is 1.18 bits per heavy atom. The van der Waals surface area contributed by atoms with Crippen molar-refractivity contribution in [2.24, 2.45) is 16.8 Å². The number of benzene rings is 2. The lowest BCUT2D eigenvalue weighted by atomic mass is 9.90. The van der Waals surface area contributed by atoms with Gasteiger partial charge >= 0.3 is 0 Å². The number of piperidine rings is 1. The molecule has 1 atom stereocenters. The fourth-order valence-electron chi connectivity index (χ4n) is 5.10. The van der Waals surface area contributed by atoms with Gasteiger partial charge in [-0.2, -0.15) is 17.9 Å². The van der Waals surface area contributed by atoms with Crippen molar-refractivity contribution in [3.05, 3.63) is 82.7 Å². The van der Waals surface area contributed by atoms with E-state index in [9.17, 15) is 22.0 Å². The summed E-state index contributed by atoms with van der Waals surface area (Å²) in [5.74, 6) is -0.752. The molecule has 1 fully saturated rings. The van der Waals surface area contributed by atoms with Gasteiger partial charge in [0.25, 0.3) is 5.92 Å². The zero-order valence-electron chi connectivity index (χ0n) is 22.6. The summed E-state index contributed by atoms with van der Waals surface area (Å²) in [6, 6.07) is 4.78. The van der Waals surface area contributed by atoms with Crippen molar-refractivity contribution >= 4 is 31.6 Å². The third-order valence-electron chi connectivity index (χ3n) is 6.81. The van der Waals surface area contributed by atoms with Crippen molar-refractivity contribution in [2.75, 3.05) is 20.7 Å². The van der Waals surface area contributed by atoms with Gasteiger partial charge in [0.15, 0.2) is 0 Å². The van der Waals surface area contributed by atoms with Gasteiger partial charge in [0.2, 0.25) is 0 Å². The number of hydrogen-bond donors (Lipinski definition) is 1. The second-order valence-electron chi connectivity index (χ2n) is 9.58. The lowest BCUT2D eigenvalue weighted by Gasteiger charge is -2.38. The Hall–Kier alpha value is -2.58. The minimum absolute atomic E-state index is 0. The molecule has 3 aliphatic rings. The standard InChI is InChI=1S/C25H22F5N3.C2H8N2OS.H2S/c1-4-16-11-32-14(3)33(12-18(32)9-25(16,29)30)24-22-15(10-31-24)5-13(2)6-19(22)23-20(27)7-17(26)8-21(23)28;1-4(3)6-5-2;/h5-8,12,16H,3-4,9-11H2,1-2H3;3H2,1-2H3;1H2. The predicted octanol–water partition coefficient (Wildman–Crippen LogP) is 6.45. The Morgan fingerprint density at radius 2 is 1.82 bits per heavy atom. The summed E-state index contributed by atoms with van der Waals surface area (Å²) in [6.45, 7) is 8.03. The van der Waals surface area contributed by atoms with Gasteiger partial charge in [-0.15, -0.1) is 0 Å². The van der Waals surface area contributed by atoms with Crippen molar-refractivity contribution in [3.8, 4) is 11.1 Å². The highest BCUT2D eigenvalue weighted by atomic mass is 32.2. The Morgan fingerprint density at radius 3 is 2.38 bits per heavy atom. The van der Waals surface area contributed by atoms with Crippen LogP contribution in [0.3, 0.4) is 0 Å². The van der Waals surface area contributed by atoms with E-state index in [0.717, 1.165) is 23.4 Å². The molecule has 3 heterocycles. The van der Waals surface area contributed by atoms with E-state index < -0.39 is 35.7 Å². The van der Waals surface area contributed by atoms with Crippen LogP contribution in [0.25, 0.3) is 11.1 Å². The molecule has 3 aliphatic heterocycles. The predicted molar refractivity (Wildman–Crippen MR) is 153 cm³/mol. The van der Waals surface area contributed by atoms with Gasteiger partial charge in [0.05, 0.1) is 37.9 Å². The number of allylic oxidation sites excluding steroid dienone is 1. The number of nitrogens with zero attached hydrogens (tertiary/aromatic N) is 4. The molecule has 5 rings (SSSR count). The molecule has 2 aromatic rings. The van der Waals surface area contributed by atoms with Crippen molar-refractivity contribution in [1.29, 1.82) is 0 Å². The molecule has 6 nitrogen and oxygen atoms in total. The number of alkyl halides is 2. The highest BCUT2D eigenvalue weighted by molar-refractivity contribution is 7.92. The normalized spacial score (nSPS) is 19.0. The number of nitrogens with two attached hydrogens (primary N) is 1. The van der Waals surface area contributed by atoms with Crippen LogP contribution in [0, 0.1) is 30.3 Å². The van der Waals surface area contributed by atoms with E-state index in [-0.39, 0.29) is 37.7 Å². The highest BCUT2D eigenvalue weighted by Gasteiger charge is 2.48. The quantitative estimate of drug-likeness (QED) is 0.143. The summed E-state index contributed by atoms with van der Waals surface area (Å²) in [4.78, 5) is 7.96. The zero-order valence-corrected chi connectivity index (χ0v) is 24.4. The van der Waals surface area contributed by atoms with Gasteiger partial charge < -0.3 is 9.08 Å².